The number of esters is 1. The summed E-state index contributed by atoms with van der Waals surface area (Å²) in [6.45, 7) is 16.0. The zero-order chi connectivity index (χ0) is 21.3. The van der Waals surface area contributed by atoms with E-state index in [9.17, 15) is 14.7 Å². The maximum Gasteiger partial charge on any atom is 0.303 e. The number of aliphatic hydroxyl groups is 1. The summed E-state index contributed by atoms with van der Waals surface area (Å²) in [5.74, 6) is -0.441. The molecule has 0 fully saturated rings. The van der Waals surface area contributed by atoms with Gasteiger partial charge in [-0.05, 0) is 55.4 Å². The van der Waals surface area contributed by atoms with E-state index in [-0.39, 0.29) is 22.7 Å². The predicted octanol–water partition coefficient (Wildman–Crippen LogP) is 4.34. The van der Waals surface area contributed by atoms with Crippen LogP contribution in [0, 0.1) is 16.7 Å². The molecule has 0 amide bonds. The van der Waals surface area contributed by atoms with Crippen LogP contribution in [-0.4, -0.2) is 35.4 Å². The van der Waals surface area contributed by atoms with Crippen molar-refractivity contribution in [3.05, 3.63) is 23.8 Å². The fraction of sp³-hybridized carbons (Fsp3) is 0.739. The molecule has 0 aromatic rings. The van der Waals surface area contributed by atoms with Gasteiger partial charge in [0.1, 0.15) is 6.10 Å². The van der Waals surface area contributed by atoms with Gasteiger partial charge in [-0.3, -0.25) is 9.59 Å². The number of hydrogen-bond donors (Lipinski definition) is 1. The molecule has 5 heteroatoms. The molecule has 0 radical (unpaired) electrons. The first-order valence-corrected chi connectivity index (χ1v) is 10.3. The van der Waals surface area contributed by atoms with Crippen molar-refractivity contribution in [2.24, 2.45) is 16.7 Å². The second kappa shape index (κ2) is 8.02. The summed E-state index contributed by atoms with van der Waals surface area (Å²) in [6.07, 6.45) is 4.75. The molecule has 0 heterocycles. The van der Waals surface area contributed by atoms with Gasteiger partial charge in [0.05, 0.1) is 5.60 Å². The van der Waals surface area contributed by atoms with E-state index in [0.717, 1.165) is 31.3 Å². The van der Waals surface area contributed by atoms with Crippen LogP contribution in [0.15, 0.2) is 23.8 Å². The first kappa shape index (κ1) is 22.7. The van der Waals surface area contributed by atoms with Crippen LogP contribution in [0.2, 0.25) is 0 Å². The molecule has 5 unspecified atom stereocenters. The van der Waals surface area contributed by atoms with E-state index >= 15 is 0 Å². The van der Waals surface area contributed by atoms with E-state index in [4.69, 9.17) is 9.47 Å². The molecule has 2 aliphatic rings. The van der Waals surface area contributed by atoms with Gasteiger partial charge in [-0.2, -0.15) is 0 Å². The van der Waals surface area contributed by atoms with Crippen molar-refractivity contribution in [2.75, 3.05) is 0 Å². The minimum Gasteiger partial charge on any atom is -0.458 e. The van der Waals surface area contributed by atoms with Gasteiger partial charge in [0.15, 0.2) is 6.10 Å². The molecular weight excluding hydrogens is 356 g/mol. The molecule has 28 heavy (non-hydrogen) atoms. The second-order valence-corrected chi connectivity index (χ2v) is 9.62. The van der Waals surface area contributed by atoms with Gasteiger partial charge in [-0.15, -0.1) is 6.58 Å². The van der Waals surface area contributed by atoms with E-state index in [0.29, 0.717) is 12.9 Å². The molecule has 0 aromatic heterocycles. The number of allylic oxidation sites excluding steroid dienone is 1. The van der Waals surface area contributed by atoms with Crippen LogP contribution in [0.1, 0.15) is 73.6 Å². The van der Waals surface area contributed by atoms with Crippen LogP contribution in [0.5, 0.6) is 0 Å². The van der Waals surface area contributed by atoms with E-state index in [1.807, 2.05) is 0 Å². The molecule has 0 saturated carbocycles. The first-order chi connectivity index (χ1) is 12.9. The fourth-order valence-corrected chi connectivity index (χ4v) is 5.15. The van der Waals surface area contributed by atoms with Gasteiger partial charge in [0, 0.05) is 12.8 Å². The Morgan fingerprint density at radius 3 is 2.57 bits per heavy atom. The Balaban J connectivity index is 2.62. The van der Waals surface area contributed by atoms with E-state index in [1.165, 1.54) is 12.5 Å². The highest BCUT2D eigenvalue weighted by Crippen LogP contribution is 2.58. The topological polar surface area (TPSA) is 72.8 Å². The van der Waals surface area contributed by atoms with Gasteiger partial charge < -0.3 is 14.6 Å². The van der Waals surface area contributed by atoms with Gasteiger partial charge >= 0.3 is 5.97 Å². The molecule has 1 N–H and O–H groups in total. The van der Waals surface area contributed by atoms with Gasteiger partial charge in [-0.25, -0.2) is 0 Å². The quantitative estimate of drug-likeness (QED) is 0.396. The van der Waals surface area contributed by atoms with Gasteiger partial charge in [-0.1, -0.05) is 39.3 Å². The molecule has 0 aromatic carbocycles. The predicted molar refractivity (Wildman–Crippen MR) is 108 cm³/mol. The zero-order valence-corrected chi connectivity index (χ0v) is 18.2. The Kier molecular flexibility index (Phi) is 6.49. The van der Waals surface area contributed by atoms with E-state index in [2.05, 4.69) is 34.3 Å². The van der Waals surface area contributed by atoms with Crippen molar-refractivity contribution >= 4 is 12.4 Å². The van der Waals surface area contributed by atoms with Crippen LogP contribution in [0.3, 0.4) is 0 Å². The Morgan fingerprint density at radius 2 is 2.04 bits per heavy atom. The molecule has 158 valence electrons. The second-order valence-electron chi connectivity index (χ2n) is 9.62. The van der Waals surface area contributed by atoms with Crippen LogP contribution in [0.4, 0.5) is 0 Å². The van der Waals surface area contributed by atoms with Crippen molar-refractivity contribution in [1.82, 2.24) is 0 Å². The van der Waals surface area contributed by atoms with Crippen LogP contribution in [-0.2, 0) is 19.1 Å². The largest absolute Gasteiger partial charge is 0.458 e. The maximum absolute atomic E-state index is 11.9. The molecular formula is C23H36O5. The molecule has 0 spiro atoms. The summed E-state index contributed by atoms with van der Waals surface area (Å²) in [6, 6.07) is 0. The molecule has 0 bridgehead atoms. The summed E-state index contributed by atoms with van der Waals surface area (Å²) in [7, 11) is 0. The number of rotatable bonds is 7. The lowest BCUT2D eigenvalue weighted by Gasteiger charge is -2.54. The lowest BCUT2D eigenvalue weighted by atomic mass is 9.53. The number of carbonyl (C=O) groups excluding carboxylic acids is 2. The minimum atomic E-state index is -0.958. The lowest BCUT2D eigenvalue weighted by Crippen LogP contribution is -2.54. The van der Waals surface area contributed by atoms with Crippen LogP contribution >= 0.6 is 0 Å². The summed E-state index contributed by atoms with van der Waals surface area (Å²) in [4.78, 5) is 23.2. The molecule has 5 atom stereocenters. The molecule has 0 aliphatic heterocycles. The average molecular weight is 393 g/mol. The third kappa shape index (κ3) is 4.19. The van der Waals surface area contributed by atoms with Crippen molar-refractivity contribution in [3.63, 3.8) is 0 Å². The van der Waals surface area contributed by atoms with Crippen LogP contribution < -0.4 is 0 Å². The van der Waals surface area contributed by atoms with E-state index < -0.39 is 17.8 Å². The highest BCUT2D eigenvalue weighted by molar-refractivity contribution is 5.66. The summed E-state index contributed by atoms with van der Waals surface area (Å²) >= 11 is 0. The lowest BCUT2D eigenvalue weighted by molar-refractivity contribution is -0.169. The first-order valence-electron chi connectivity index (χ1n) is 10.3. The van der Waals surface area contributed by atoms with Crippen molar-refractivity contribution < 1.29 is 24.2 Å². The Labute approximate surface area is 169 Å². The smallest absolute Gasteiger partial charge is 0.303 e. The Hall–Kier alpha value is -1.62. The van der Waals surface area contributed by atoms with Gasteiger partial charge in [0.2, 0.25) is 0 Å². The number of carbonyl (C=O) groups is 2. The monoisotopic (exact) mass is 392 g/mol. The van der Waals surface area contributed by atoms with E-state index in [1.54, 1.807) is 13.0 Å². The molecule has 2 aliphatic carbocycles. The van der Waals surface area contributed by atoms with Crippen LogP contribution in [0.25, 0.3) is 0 Å². The number of ether oxygens (including phenoxy) is 2. The molecule has 0 saturated heterocycles. The summed E-state index contributed by atoms with van der Waals surface area (Å²) < 4.78 is 11.3. The fourth-order valence-electron chi connectivity index (χ4n) is 5.15. The normalized spacial score (nSPS) is 34.0. The minimum absolute atomic E-state index is 0.0605. The average Bonchev–Trinajstić information content (AvgIpc) is 2.60. The number of hydrogen-bond acceptors (Lipinski definition) is 5. The highest BCUT2D eigenvalue weighted by Gasteiger charge is 2.55. The van der Waals surface area contributed by atoms with Crippen molar-refractivity contribution in [1.29, 1.82) is 0 Å². The summed E-state index contributed by atoms with van der Waals surface area (Å²) in [5.41, 5.74) is 1.01. The maximum atomic E-state index is 11.9. The zero-order valence-electron chi connectivity index (χ0n) is 18.2. The molecule has 2 rings (SSSR count). The van der Waals surface area contributed by atoms with Gasteiger partial charge in [0.25, 0.3) is 6.47 Å². The third-order valence-corrected chi connectivity index (χ3v) is 7.15. The molecule has 5 nitrogen and oxygen atoms in total. The Bertz CT molecular complexity index is 660. The standard InChI is InChI=1S/C23H36O5/c1-8-22(6,26)12-13-23(7)15(2)19(28-16(3)25)20(27-14-24)18-17(23)10-9-11-21(18,4)5/h8,14-15,19-20,26H,1,9-13H2,2-7H3. The Morgan fingerprint density at radius 1 is 1.39 bits per heavy atom. The highest BCUT2D eigenvalue weighted by atomic mass is 16.6. The summed E-state index contributed by atoms with van der Waals surface area (Å²) in [5, 5.41) is 10.5. The van der Waals surface area contributed by atoms with Crippen molar-refractivity contribution in [2.45, 2.75) is 91.5 Å². The third-order valence-electron chi connectivity index (χ3n) is 7.15. The SMILES string of the molecule is C=CC(C)(O)CCC1(C)C2=C(C(OC=O)C(OC(C)=O)C1C)C(C)(C)CCC2. The van der Waals surface area contributed by atoms with Crippen molar-refractivity contribution in [3.8, 4) is 0 Å².